The van der Waals surface area contributed by atoms with Gasteiger partial charge in [0.25, 0.3) is 0 Å². The molecule has 0 nitrogen and oxygen atoms in total. The van der Waals surface area contributed by atoms with Crippen LogP contribution in [0.2, 0.25) is 0 Å². The summed E-state index contributed by atoms with van der Waals surface area (Å²) in [7, 11) is 0. The Balaban J connectivity index is 1.90. The molecular formula is C10H14I4. The summed E-state index contributed by atoms with van der Waals surface area (Å²) in [5, 5.41) is 0. The van der Waals surface area contributed by atoms with Gasteiger partial charge in [0.05, 0.1) is 3.86 Å². The van der Waals surface area contributed by atoms with Gasteiger partial charge in [0.1, 0.15) is 0 Å². The maximum absolute atomic E-state index is 2.61. The van der Waals surface area contributed by atoms with Crippen LogP contribution in [0.3, 0.4) is 0 Å². The highest BCUT2D eigenvalue weighted by atomic mass is 127. The Bertz CT molecular complexity index is 170. The van der Waals surface area contributed by atoms with E-state index in [1.54, 1.807) is 0 Å². The molecule has 0 heterocycles. The minimum absolute atomic E-state index is 0.865. The van der Waals surface area contributed by atoms with Crippen molar-refractivity contribution in [2.45, 2.75) is 29.5 Å². The van der Waals surface area contributed by atoms with Crippen molar-refractivity contribution >= 4 is 90.4 Å². The standard InChI is InChI=1S/C10H14I4/c11-9(12)7-1-5-2-8(10(13)14)4-6(5)3-7/h5-10H,1-4H2. The summed E-state index contributed by atoms with van der Waals surface area (Å²) in [6.07, 6.45) is 6.10. The Morgan fingerprint density at radius 1 is 0.643 bits per heavy atom. The van der Waals surface area contributed by atoms with E-state index < -0.39 is 0 Å². The highest BCUT2D eigenvalue weighted by molar-refractivity contribution is 14.2. The zero-order valence-corrected chi connectivity index (χ0v) is 16.4. The SMILES string of the molecule is IC(I)C1CC2CC(C(I)I)CC2C1. The summed E-state index contributed by atoms with van der Waals surface area (Å²) in [6, 6.07) is 0. The fraction of sp³-hybridized carbons (Fsp3) is 1.00. The Morgan fingerprint density at radius 2 is 0.929 bits per heavy atom. The molecule has 2 saturated carbocycles. The van der Waals surface area contributed by atoms with E-state index in [4.69, 9.17) is 0 Å². The van der Waals surface area contributed by atoms with E-state index in [1.165, 1.54) is 25.7 Å². The Labute approximate surface area is 141 Å². The zero-order valence-electron chi connectivity index (χ0n) is 7.80. The Morgan fingerprint density at radius 3 is 1.14 bits per heavy atom. The summed E-state index contributed by atoms with van der Waals surface area (Å²) >= 11 is 10.4. The van der Waals surface area contributed by atoms with Crippen LogP contribution >= 0.6 is 90.4 Å². The summed E-state index contributed by atoms with van der Waals surface area (Å²) in [5.41, 5.74) is 0. The maximum atomic E-state index is 2.61. The molecule has 0 unspecified atom stereocenters. The summed E-state index contributed by atoms with van der Waals surface area (Å²) in [5.74, 6) is 4.22. The van der Waals surface area contributed by atoms with Crippen molar-refractivity contribution in [1.82, 2.24) is 0 Å². The van der Waals surface area contributed by atoms with Crippen LogP contribution in [0.15, 0.2) is 0 Å². The van der Waals surface area contributed by atoms with Gasteiger partial charge in [0.2, 0.25) is 0 Å². The monoisotopic (exact) mass is 642 g/mol. The smallest absolute Gasteiger partial charge is 0.0654 e. The van der Waals surface area contributed by atoms with Crippen LogP contribution in [-0.2, 0) is 0 Å². The second kappa shape index (κ2) is 5.71. The van der Waals surface area contributed by atoms with Crippen molar-refractivity contribution < 1.29 is 0 Å². The normalized spacial score (nSPS) is 42.4. The number of fused-ring (bicyclic) bond motifs is 1. The van der Waals surface area contributed by atoms with Gasteiger partial charge >= 0.3 is 0 Å². The van der Waals surface area contributed by atoms with Gasteiger partial charge in [-0.05, 0) is 49.4 Å². The molecule has 0 atom stereocenters. The van der Waals surface area contributed by atoms with Crippen molar-refractivity contribution in [2.75, 3.05) is 0 Å². The van der Waals surface area contributed by atoms with Gasteiger partial charge in [-0.1, -0.05) is 90.4 Å². The summed E-state index contributed by atoms with van der Waals surface area (Å²) in [6.45, 7) is 0. The van der Waals surface area contributed by atoms with Crippen molar-refractivity contribution in [3.8, 4) is 0 Å². The second-order valence-electron chi connectivity index (χ2n) is 4.65. The third-order valence-corrected chi connectivity index (χ3v) is 7.87. The topological polar surface area (TPSA) is 0 Å². The van der Waals surface area contributed by atoms with Crippen LogP contribution < -0.4 is 0 Å². The first-order valence-electron chi connectivity index (χ1n) is 5.14. The third-order valence-electron chi connectivity index (χ3n) is 3.80. The highest BCUT2D eigenvalue weighted by Gasteiger charge is 2.44. The van der Waals surface area contributed by atoms with E-state index in [-0.39, 0.29) is 0 Å². The van der Waals surface area contributed by atoms with Gasteiger partial charge in [0, 0.05) is 0 Å². The van der Waals surface area contributed by atoms with E-state index in [2.05, 4.69) is 90.4 Å². The first-order chi connectivity index (χ1) is 6.58. The fourth-order valence-electron chi connectivity index (χ4n) is 3.12. The van der Waals surface area contributed by atoms with E-state index in [0.717, 1.165) is 27.5 Å². The van der Waals surface area contributed by atoms with Gasteiger partial charge in [-0.2, -0.15) is 0 Å². The van der Waals surface area contributed by atoms with Gasteiger partial charge in [0.15, 0.2) is 0 Å². The molecule has 0 amide bonds. The van der Waals surface area contributed by atoms with Crippen LogP contribution in [0.25, 0.3) is 0 Å². The molecule has 0 saturated heterocycles. The van der Waals surface area contributed by atoms with Gasteiger partial charge in [-0.15, -0.1) is 0 Å². The lowest BCUT2D eigenvalue weighted by Gasteiger charge is -2.16. The Hall–Kier alpha value is 2.92. The molecule has 0 bridgehead atoms. The minimum Gasteiger partial charge on any atom is -0.0707 e. The Kier molecular flexibility index (Phi) is 5.44. The number of hydrogen-bond donors (Lipinski definition) is 0. The molecule has 2 rings (SSSR count). The molecule has 82 valence electrons. The fourth-order valence-corrected chi connectivity index (χ4v) is 5.47. The molecule has 0 aromatic heterocycles. The lowest BCUT2D eigenvalue weighted by atomic mass is 10.0. The van der Waals surface area contributed by atoms with Gasteiger partial charge in [-0.3, -0.25) is 0 Å². The number of hydrogen-bond acceptors (Lipinski definition) is 0. The molecule has 0 spiro atoms. The van der Waals surface area contributed by atoms with Crippen LogP contribution in [0, 0.1) is 23.7 Å². The molecule has 0 aromatic carbocycles. The quantitative estimate of drug-likeness (QED) is 0.279. The minimum atomic E-state index is 0.865. The van der Waals surface area contributed by atoms with E-state index >= 15 is 0 Å². The van der Waals surface area contributed by atoms with Crippen LogP contribution in [-0.4, -0.2) is 3.86 Å². The van der Waals surface area contributed by atoms with Crippen LogP contribution in [0.4, 0.5) is 0 Å². The van der Waals surface area contributed by atoms with Crippen molar-refractivity contribution in [1.29, 1.82) is 0 Å². The van der Waals surface area contributed by atoms with Crippen molar-refractivity contribution in [3.63, 3.8) is 0 Å². The number of alkyl halides is 4. The van der Waals surface area contributed by atoms with E-state index in [1.807, 2.05) is 0 Å². The third kappa shape index (κ3) is 3.02. The second-order valence-corrected chi connectivity index (χ2v) is 14.8. The van der Waals surface area contributed by atoms with Crippen LogP contribution in [0.1, 0.15) is 25.7 Å². The van der Waals surface area contributed by atoms with E-state index in [0.29, 0.717) is 0 Å². The molecular weight excluding hydrogens is 628 g/mol. The molecule has 0 aliphatic heterocycles. The predicted molar refractivity (Wildman–Crippen MR) is 96.1 cm³/mol. The maximum Gasteiger partial charge on any atom is 0.0654 e. The molecule has 4 heteroatoms. The number of rotatable bonds is 2. The molecule has 0 N–H and O–H groups in total. The van der Waals surface area contributed by atoms with Gasteiger partial charge in [-0.25, -0.2) is 0 Å². The zero-order chi connectivity index (χ0) is 10.3. The van der Waals surface area contributed by atoms with Crippen molar-refractivity contribution in [2.24, 2.45) is 23.7 Å². The lowest BCUT2D eigenvalue weighted by Crippen LogP contribution is -2.09. The molecule has 2 aliphatic carbocycles. The average molecular weight is 642 g/mol. The first kappa shape index (κ1) is 13.4. The molecule has 2 fully saturated rings. The largest absolute Gasteiger partial charge is 0.0707 e. The average Bonchev–Trinajstić information content (AvgIpc) is 2.57. The van der Waals surface area contributed by atoms with Crippen LogP contribution in [0.5, 0.6) is 0 Å². The van der Waals surface area contributed by atoms with Crippen molar-refractivity contribution in [3.05, 3.63) is 0 Å². The lowest BCUT2D eigenvalue weighted by molar-refractivity contribution is 0.457. The summed E-state index contributed by atoms with van der Waals surface area (Å²) < 4.78 is 1.73. The molecule has 0 radical (unpaired) electrons. The highest BCUT2D eigenvalue weighted by Crippen LogP contribution is 2.54. The molecule has 14 heavy (non-hydrogen) atoms. The van der Waals surface area contributed by atoms with Gasteiger partial charge < -0.3 is 0 Å². The molecule has 0 aromatic rings. The van der Waals surface area contributed by atoms with E-state index in [9.17, 15) is 0 Å². The molecule has 2 aliphatic rings. The number of halogens is 4. The summed E-state index contributed by atoms with van der Waals surface area (Å²) in [4.78, 5) is 0. The first-order valence-corrected chi connectivity index (χ1v) is 10.1. The predicted octanol–water partition coefficient (Wildman–Crippen LogP) is 5.43.